The Labute approximate surface area is 165 Å². The van der Waals surface area contributed by atoms with Gasteiger partial charge in [0.05, 0.1) is 31.2 Å². The number of carbonyl (C=O) groups excluding carboxylic acids is 3. The van der Waals surface area contributed by atoms with Gasteiger partial charge in [0.25, 0.3) is 5.91 Å². The van der Waals surface area contributed by atoms with Gasteiger partial charge in [0, 0.05) is 31.0 Å². The molecule has 1 aromatic heterocycles. The molecule has 8 heteroatoms. The number of esters is 1. The van der Waals surface area contributed by atoms with Gasteiger partial charge in [-0.25, -0.2) is 0 Å². The van der Waals surface area contributed by atoms with E-state index in [1.807, 2.05) is 13.8 Å². The topological polar surface area (TPSA) is 110 Å². The molecule has 0 bridgehead atoms. The first kappa shape index (κ1) is 21.9. The van der Waals surface area contributed by atoms with E-state index in [0.717, 1.165) is 12.1 Å². The molecule has 1 aliphatic carbocycles. The Kier molecular flexibility index (Phi) is 8.50. The average Bonchev–Trinajstić information content (AvgIpc) is 3.12. The second kappa shape index (κ2) is 10.8. The van der Waals surface area contributed by atoms with Crippen LogP contribution in [0.1, 0.15) is 55.1 Å². The van der Waals surface area contributed by atoms with Crippen molar-refractivity contribution in [2.24, 2.45) is 5.92 Å². The highest BCUT2D eigenvalue weighted by Gasteiger charge is 2.35. The Morgan fingerprint density at radius 2 is 2.07 bits per heavy atom. The minimum absolute atomic E-state index is 0.0831. The summed E-state index contributed by atoms with van der Waals surface area (Å²) in [6, 6.07) is 1.62. The standard InChI is InChI=1S/C20H31N3O5/c1-4-11-28-17-12-14(19(25)22-10-8-18(24)27-3)5-6-16(17)23-20(26)15-7-9-21-13(15)2/h7,9,14,16-17,21H,4-6,8,10-12H2,1-3H3,(H,22,25)(H,23,26)/t14-,16-,17-/m0/s1. The summed E-state index contributed by atoms with van der Waals surface area (Å²) in [4.78, 5) is 39.2. The van der Waals surface area contributed by atoms with Gasteiger partial charge in [-0.05, 0) is 38.7 Å². The average molecular weight is 393 g/mol. The SMILES string of the molecule is CCCO[C@H]1C[C@@H](C(=O)NCCC(=O)OC)CC[C@@H]1NC(=O)c1cc[nH]c1C. The molecule has 3 atom stereocenters. The number of hydrogen-bond donors (Lipinski definition) is 3. The van der Waals surface area contributed by atoms with Crippen molar-refractivity contribution in [2.75, 3.05) is 20.3 Å². The van der Waals surface area contributed by atoms with E-state index in [9.17, 15) is 14.4 Å². The van der Waals surface area contributed by atoms with Crippen LogP contribution in [-0.4, -0.2) is 55.2 Å². The van der Waals surface area contributed by atoms with Crippen LogP contribution in [0.3, 0.4) is 0 Å². The molecule has 1 heterocycles. The first-order valence-electron chi connectivity index (χ1n) is 9.87. The van der Waals surface area contributed by atoms with Gasteiger partial charge < -0.3 is 25.1 Å². The Balaban J connectivity index is 1.92. The van der Waals surface area contributed by atoms with Gasteiger partial charge in [-0.3, -0.25) is 14.4 Å². The molecule has 1 aliphatic rings. The Bertz CT molecular complexity index is 673. The smallest absolute Gasteiger partial charge is 0.307 e. The van der Waals surface area contributed by atoms with Crippen molar-refractivity contribution < 1.29 is 23.9 Å². The van der Waals surface area contributed by atoms with Crippen LogP contribution in [0.2, 0.25) is 0 Å². The molecule has 0 radical (unpaired) electrons. The molecule has 0 aromatic carbocycles. The first-order chi connectivity index (χ1) is 13.5. The van der Waals surface area contributed by atoms with Crippen molar-refractivity contribution in [2.45, 2.75) is 58.1 Å². The zero-order valence-electron chi connectivity index (χ0n) is 16.9. The number of rotatable bonds is 9. The number of aromatic amines is 1. The largest absolute Gasteiger partial charge is 0.469 e. The number of H-pyrrole nitrogens is 1. The van der Waals surface area contributed by atoms with Gasteiger partial charge in [0.2, 0.25) is 5.91 Å². The fourth-order valence-electron chi connectivity index (χ4n) is 3.46. The molecule has 0 spiro atoms. The maximum Gasteiger partial charge on any atom is 0.307 e. The van der Waals surface area contributed by atoms with Crippen molar-refractivity contribution in [1.82, 2.24) is 15.6 Å². The van der Waals surface area contributed by atoms with Crippen LogP contribution >= 0.6 is 0 Å². The Hall–Kier alpha value is -2.35. The number of amides is 2. The molecule has 156 valence electrons. The normalized spacial score (nSPS) is 21.8. The van der Waals surface area contributed by atoms with Crippen LogP contribution in [0.5, 0.6) is 0 Å². The Morgan fingerprint density at radius 3 is 2.71 bits per heavy atom. The quantitative estimate of drug-likeness (QED) is 0.553. The Morgan fingerprint density at radius 1 is 1.29 bits per heavy atom. The molecule has 0 saturated heterocycles. The second-order valence-electron chi connectivity index (χ2n) is 7.13. The minimum Gasteiger partial charge on any atom is -0.469 e. The zero-order chi connectivity index (χ0) is 20.5. The van der Waals surface area contributed by atoms with Gasteiger partial charge in [-0.2, -0.15) is 0 Å². The summed E-state index contributed by atoms with van der Waals surface area (Å²) in [5.41, 5.74) is 1.44. The molecule has 2 rings (SSSR count). The molecule has 3 N–H and O–H groups in total. The molecule has 0 aliphatic heterocycles. The van der Waals surface area contributed by atoms with Crippen molar-refractivity contribution in [3.8, 4) is 0 Å². The monoisotopic (exact) mass is 393 g/mol. The molecule has 1 fully saturated rings. The van der Waals surface area contributed by atoms with E-state index in [1.165, 1.54) is 7.11 Å². The molecular weight excluding hydrogens is 362 g/mol. The van der Waals surface area contributed by atoms with Gasteiger partial charge in [-0.1, -0.05) is 6.92 Å². The van der Waals surface area contributed by atoms with Gasteiger partial charge in [0.15, 0.2) is 0 Å². The van der Waals surface area contributed by atoms with Crippen molar-refractivity contribution in [1.29, 1.82) is 0 Å². The van der Waals surface area contributed by atoms with Crippen LogP contribution in [0.25, 0.3) is 0 Å². The maximum absolute atomic E-state index is 12.6. The lowest BCUT2D eigenvalue weighted by Crippen LogP contribution is -2.50. The van der Waals surface area contributed by atoms with E-state index in [0.29, 0.717) is 31.4 Å². The van der Waals surface area contributed by atoms with E-state index >= 15 is 0 Å². The number of ether oxygens (including phenoxy) is 2. The number of aromatic nitrogens is 1. The summed E-state index contributed by atoms with van der Waals surface area (Å²) >= 11 is 0. The fraction of sp³-hybridized carbons (Fsp3) is 0.650. The summed E-state index contributed by atoms with van der Waals surface area (Å²) < 4.78 is 10.5. The molecule has 2 amide bonds. The lowest BCUT2D eigenvalue weighted by molar-refractivity contribution is -0.140. The summed E-state index contributed by atoms with van der Waals surface area (Å²) in [5, 5.41) is 5.86. The summed E-state index contributed by atoms with van der Waals surface area (Å²) in [6.07, 6.45) is 4.41. The van der Waals surface area contributed by atoms with Crippen LogP contribution in [0, 0.1) is 12.8 Å². The third-order valence-electron chi connectivity index (χ3n) is 5.07. The van der Waals surface area contributed by atoms with E-state index in [-0.39, 0.29) is 48.8 Å². The van der Waals surface area contributed by atoms with Crippen molar-refractivity contribution in [3.05, 3.63) is 23.5 Å². The number of carbonyl (C=O) groups is 3. The molecule has 8 nitrogen and oxygen atoms in total. The van der Waals surface area contributed by atoms with E-state index in [4.69, 9.17) is 4.74 Å². The summed E-state index contributed by atoms with van der Waals surface area (Å²) in [6.45, 7) is 4.72. The van der Waals surface area contributed by atoms with Crippen molar-refractivity contribution >= 4 is 17.8 Å². The number of hydrogen-bond acceptors (Lipinski definition) is 5. The number of aryl methyl sites for hydroxylation is 1. The second-order valence-corrected chi connectivity index (χ2v) is 7.13. The molecule has 1 saturated carbocycles. The maximum atomic E-state index is 12.6. The summed E-state index contributed by atoms with van der Waals surface area (Å²) in [5.74, 6) is -0.757. The highest BCUT2D eigenvalue weighted by Crippen LogP contribution is 2.28. The van der Waals surface area contributed by atoms with Crippen LogP contribution in [-0.2, 0) is 19.1 Å². The fourth-order valence-corrected chi connectivity index (χ4v) is 3.46. The van der Waals surface area contributed by atoms with Gasteiger partial charge in [0.1, 0.15) is 0 Å². The van der Waals surface area contributed by atoms with Crippen LogP contribution in [0.4, 0.5) is 0 Å². The third kappa shape index (κ3) is 6.09. The van der Waals surface area contributed by atoms with Gasteiger partial charge in [-0.15, -0.1) is 0 Å². The number of methoxy groups -OCH3 is 1. The number of nitrogens with one attached hydrogen (secondary N) is 3. The third-order valence-corrected chi connectivity index (χ3v) is 5.07. The molecule has 28 heavy (non-hydrogen) atoms. The zero-order valence-corrected chi connectivity index (χ0v) is 16.9. The minimum atomic E-state index is -0.351. The molecular formula is C20H31N3O5. The highest BCUT2D eigenvalue weighted by atomic mass is 16.5. The molecule has 1 aromatic rings. The van der Waals surface area contributed by atoms with Gasteiger partial charge >= 0.3 is 5.97 Å². The van der Waals surface area contributed by atoms with E-state index in [2.05, 4.69) is 20.4 Å². The predicted octanol–water partition coefficient (Wildman–Crippen LogP) is 1.70. The van der Waals surface area contributed by atoms with Crippen LogP contribution < -0.4 is 10.6 Å². The predicted molar refractivity (Wildman–Crippen MR) is 104 cm³/mol. The highest BCUT2D eigenvalue weighted by molar-refractivity contribution is 5.95. The first-order valence-corrected chi connectivity index (χ1v) is 9.87. The lowest BCUT2D eigenvalue weighted by Gasteiger charge is -2.36. The summed E-state index contributed by atoms with van der Waals surface area (Å²) in [7, 11) is 1.32. The van der Waals surface area contributed by atoms with E-state index in [1.54, 1.807) is 12.3 Å². The molecule has 0 unspecified atom stereocenters. The van der Waals surface area contributed by atoms with Crippen molar-refractivity contribution in [3.63, 3.8) is 0 Å². The van der Waals surface area contributed by atoms with E-state index < -0.39 is 0 Å². The van der Waals surface area contributed by atoms with Crippen LogP contribution in [0.15, 0.2) is 12.3 Å². The lowest BCUT2D eigenvalue weighted by atomic mass is 9.83.